The first-order valence-electron chi connectivity index (χ1n) is 11.7. The Hall–Kier alpha value is -4.12. The standard InChI is InChI=1S/C30H24FNO3/c1-18-12-13-23(31)27-26(22-16-21-14-15-35-25(21)17-24(22)33)30(34)32(28(18)27)29(19-8-4-2-5-9-19)20-10-6-3-7-11-20/h2-13,16-17,26,29,33H,14-15H2,1H3. The van der Waals surface area contributed by atoms with Gasteiger partial charge in [-0.25, -0.2) is 4.39 Å². The molecule has 4 nitrogen and oxygen atoms in total. The number of hydrogen-bond acceptors (Lipinski definition) is 3. The molecule has 1 amide bonds. The van der Waals surface area contributed by atoms with Gasteiger partial charge in [0.25, 0.3) is 0 Å². The van der Waals surface area contributed by atoms with Gasteiger partial charge < -0.3 is 9.84 Å². The van der Waals surface area contributed by atoms with Crippen LogP contribution in [0.2, 0.25) is 0 Å². The average molecular weight is 466 g/mol. The minimum Gasteiger partial charge on any atom is -0.507 e. The third-order valence-electron chi connectivity index (χ3n) is 7.02. The molecule has 5 heteroatoms. The zero-order chi connectivity index (χ0) is 24.1. The van der Waals surface area contributed by atoms with E-state index in [-0.39, 0.29) is 11.7 Å². The summed E-state index contributed by atoms with van der Waals surface area (Å²) in [6.45, 7) is 2.42. The van der Waals surface area contributed by atoms with E-state index in [1.807, 2.05) is 67.6 Å². The Morgan fingerprint density at radius 3 is 2.29 bits per heavy atom. The SMILES string of the molecule is Cc1ccc(F)c2c1N(C(c1ccccc1)c1ccccc1)C(=O)C2c1cc2c(cc1O)OCC2. The third kappa shape index (κ3) is 3.38. The molecule has 1 atom stereocenters. The number of phenols is 1. The molecule has 35 heavy (non-hydrogen) atoms. The summed E-state index contributed by atoms with van der Waals surface area (Å²) in [5.41, 5.74) is 4.85. The second-order valence-electron chi connectivity index (χ2n) is 9.11. The minimum absolute atomic E-state index is 0.0614. The lowest BCUT2D eigenvalue weighted by Gasteiger charge is -2.31. The van der Waals surface area contributed by atoms with E-state index in [2.05, 4.69) is 0 Å². The first kappa shape index (κ1) is 21.4. The first-order valence-corrected chi connectivity index (χ1v) is 11.7. The van der Waals surface area contributed by atoms with E-state index in [4.69, 9.17) is 4.74 Å². The summed E-state index contributed by atoms with van der Waals surface area (Å²) in [5, 5.41) is 10.9. The van der Waals surface area contributed by atoms with Gasteiger partial charge in [0.15, 0.2) is 0 Å². The lowest BCUT2D eigenvalue weighted by Crippen LogP contribution is -2.34. The molecule has 174 valence electrons. The Labute approximate surface area is 203 Å². The molecule has 0 saturated carbocycles. The lowest BCUT2D eigenvalue weighted by atomic mass is 9.89. The number of benzene rings is 4. The fraction of sp³-hybridized carbons (Fsp3) is 0.167. The number of ether oxygens (including phenoxy) is 1. The summed E-state index contributed by atoms with van der Waals surface area (Å²) in [7, 11) is 0. The molecule has 2 aliphatic rings. The Kier molecular flexibility index (Phi) is 5.06. The van der Waals surface area contributed by atoms with Crippen LogP contribution in [0.15, 0.2) is 84.9 Å². The second-order valence-corrected chi connectivity index (χ2v) is 9.11. The molecule has 0 radical (unpaired) electrons. The topological polar surface area (TPSA) is 49.8 Å². The van der Waals surface area contributed by atoms with Gasteiger partial charge in [0.1, 0.15) is 17.3 Å². The van der Waals surface area contributed by atoms with E-state index in [0.29, 0.717) is 35.6 Å². The molecule has 0 aromatic heterocycles. The molecule has 2 heterocycles. The summed E-state index contributed by atoms with van der Waals surface area (Å²) >= 11 is 0. The normalized spacial score (nSPS) is 16.4. The van der Waals surface area contributed by atoms with Crippen molar-refractivity contribution in [2.24, 2.45) is 0 Å². The van der Waals surface area contributed by atoms with Gasteiger partial charge in [0.05, 0.1) is 24.3 Å². The smallest absolute Gasteiger partial charge is 0.240 e. The van der Waals surface area contributed by atoms with E-state index in [9.17, 15) is 9.90 Å². The quantitative estimate of drug-likeness (QED) is 0.400. The van der Waals surface area contributed by atoms with E-state index >= 15 is 4.39 Å². The lowest BCUT2D eigenvalue weighted by molar-refractivity contribution is -0.118. The van der Waals surface area contributed by atoms with Crippen molar-refractivity contribution < 1.29 is 19.0 Å². The van der Waals surface area contributed by atoms with Crippen LogP contribution in [0.5, 0.6) is 11.5 Å². The maximum atomic E-state index is 15.5. The summed E-state index contributed by atoms with van der Waals surface area (Å²) < 4.78 is 21.1. The Morgan fingerprint density at radius 1 is 0.971 bits per heavy atom. The molecule has 4 aromatic carbocycles. The predicted molar refractivity (Wildman–Crippen MR) is 132 cm³/mol. The van der Waals surface area contributed by atoms with Crippen LogP contribution in [-0.4, -0.2) is 17.6 Å². The van der Waals surface area contributed by atoms with Crippen LogP contribution in [0.3, 0.4) is 0 Å². The van der Waals surface area contributed by atoms with Gasteiger partial charge in [-0.1, -0.05) is 66.7 Å². The van der Waals surface area contributed by atoms with Crippen LogP contribution < -0.4 is 9.64 Å². The fourth-order valence-corrected chi connectivity index (χ4v) is 5.43. The van der Waals surface area contributed by atoms with Crippen LogP contribution in [0, 0.1) is 12.7 Å². The Balaban J connectivity index is 1.59. The molecule has 4 aromatic rings. The second kappa shape index (κ2) is 8.27. The van der Waals surface area contributed by atoms with Crippen LogP contribution in [0.4, 0.5) is 10.1 Å². The van der Waals surface area contributed by atoms with Gasteiger partial charge in [-0.05, 0) is 41.3 Å². The molecule has 2 aliphatic heterocycles. The van der Waals surface area contributed by atoms with Gasteiger partial charge in [-0.2, -0.15) is 0 Å². The summed E-state index contributed by atoms with van der Waals surface area (Å²) in [6, 6.07) is 25.6. The molecule has 0 spiro atoms. The monoisotopic (exact) mass is 465 g/mol. The maximum absolute atomic E-state index is 15.5. The van der Waals surface area contributed by atoms with Crippen LogP contribution in [0.1, 0.15) is 45.3 Å². The number of rotatable bonds is 4. The van der Waals surface area contributed by atoms with Crippen molar-refractivity contribution in [2.75, 3.05) is 11.5 Å². The third-order valence-corrected chi connectivity index (χ3v) is 7.02. The molecule has 0 aliphatic carbocycles. The Bertz CT molecular complexity index is 1400. The fourth-order valence-electron chi connectivity index (χ4n) is 5.43. The highest BCUT2D eigenvalue weighted by molar-refractivity contribution is 6.09. The number of hydrogen-bond donors (Lipinski definition) is 1. The van der Waals surface area contributed by atoms with Crippen LogP contribution in [0.25, 0.3) is 0 Å². The number of nitrogens with zero attached hydrogens (tertiary/aromatic N) is 1. The molecule has 6 rings (SSSR count). The predicted octanol–water partition coefficient (Wildman–Crippen LogP) is 6.04. The number of carbonyl (C=O) groups is 1. The zero-order valence-corrected chi connectivity index (χ0v) is 19.2. The Morgan fingerprint density at radius 2 is 1.63 bits per heavy atom. The largest absolute Gasteiger partial charge is 0.507 e. The number of phenolic OH excluding ortho intramolecular Hbond substituents is 1. The van der Waals surface area contributed by atoms with Gasteiger partial charge in [0, 0.05) is 23.6 Å². The van der Waals surface area contributed by atoms with Crippen LogP contribution >= 0.6 is 0 Å². The van der Waals surface area contributed by atoms with Crippen molar-refractivity contribution in [3.05, 3.63) is 124 Å². The maximum Gasteiger partial charge on any atom is 0.240 e. The number of amides is 1. The van der Waals surface area contributed by atoms with Crippen molar-refractivity contribution in [2.45, 2.75) is 25.3 Å². The van der Waals surface area contributed by atoms with Crippen molar-refractivity contribution in [1.29, 1.82) is 0 Å². The van der Waals surface area contributed by atoms with Crippen molar-refractivity contribution in [1.82, 2.24) is 0 Å². The van der Waals surface area contributed by atoms with Gasteiger partial charge in [-0.3, -0.25) is 9.69 Å². The zero-order valence-electron chi connectivity index (χ0n) is 19.2. The number of anilines is 1. The number of aromatic hydroxyl groups is 1. The van der Waals surface area contributed by atoms with E-state index in [1.165, 1.54) is 6.07 Å². The minimum atomic E-state index is -0.953. The molecular weight excluding hydrogens is 441 g/mol. The van der Waals surface area contributed by atoms with Crippen LogP contribution in [-0.2, 0) is 11.2 Å². The number of halogens is 1. The van der Waals surface area contributed by atoms with E-state index < -0.39 is 17.8 Å². The molecular formula is C30H24FNO3. The van der Waals surface area contributed by atoms with Crippen molar-refractivity contribution in [3.63, 3.8) is 0 Å². The van der Waals surface area contributed by atoms with Gasteiger partial charge in [-0.15, -0.1) is 0 Å². The highest BCUT2D eigenvalue weighted by Crippen LogP contribution is 2.51. The number of carbonyl (C=O) groups excluding carboxylic acids is 1. The molecule has 0 saturated heterocycles. The highest BCUT2D eigenvalue weighted by atomic mass is 19.1. The highest BCUT2D eigenvalue weighted by Gasteiger charge is 2.46. The van der Waals surface area contributed by atoms with E-state index in [0.717, 1.165) is 22.3 Å². The summed E-state index contributed by atoms with van der Waals surface area (Å²) in [6.07, 6.45) is 0.688. The molecule has 0 fully saturated rings. The van der Waals surface area contributed by atoms with Gasteiger partial charge >= 0.3 is 0 Å². The molecule has 0 bridgehead atoms. The molecule has 1 N–H and O–H groups in total. The van der Waals surface area contributed by atoms with Crippen molar-refractivity contribution >= 4 is 11.6 Å². The first-order chi connectivity index (χ1) is 17.0. The molecule has 1 unspecified atom stereocenters. The van der Waals surface area contributed by atoms with Gasteiger partial charge in [0.2, 0.25) is 5.91 Å². The summed E-state index contributed by atoms with van der Waals surface area (Å²) in [4.78, 5) is 16.0. The number of aryl methyl sites for hydroxylation is 1. The van der Waals surface area contributed by atoms with E-state index in [1.54, 1.807) is 23.1 Å². The van der Waals surface area contributed by atoms with Crippen molar-refractivity contribution in [3.8, 4) is 11.5 Å². The number of fused-ring (bicyclic) bond motifs is 2. The summed E-state index contributed by atoms with van der Waals surface area (Å²) in [5.74, 6) is -1.12. The average Bonchev–Trinajstić information content (AvgIpc) is 3.45.